The number of hydrogen-bond donors (Lipinski definition) is 0. The van der Waals surface area contributed by atoms with Gasteiger partial charge in [0.05, 0.1) is 0 Å². The van der Waals surface area contributed by atoms with Gasteiger partial charge in [-0.05, 0) is 6.42 Å². The molecule has 0 N–H and O–H groups in total. The summed E-state index contributed by atoms with van der Waals surface area (Å²) in [6.45, 7) is 2.07. The Bertz CT molecular complexity index is 283. The van der Waals surface area contributed by atoms with Gasteiger partial charge in [0, 0.05) is 6.42 Å². The van der Waals surface area contributed by atoms with Gasteiger partial charge in [0.1, 0.15) is 0 Å². The van der Waals surface area contributed by atoms with Crippen LogP contribution in [0.5, 0.6) is 0 Å². The van der Waals surface area contributed by atoms with E-state index >= 15 is 0 Å². The fourth-order valence-electron chi connectivity index (χ4n) is 1.33. The van der Waals surface area contributed by atoms with Gasteiger partial charge in [-0.15, -0.1) is 0 Å². The molecule has 5 nitrogen and oxygen atoms in total. The molecule has 1 rings (SSSR count). The molecule has 0 amide bonds. The summed E-state index contributed by atoms with van der Waals surface area (Å²) >= 11 is 0. The summed E-state index contributed by atoms with van der Waals surface area (Å²) in [5.41, 5.74) is 0. The molecule has 0 unspecified atom stereocenters. The molecule has 1 saturated heterocycles. The van der Waals surface area contributed by atoms with E-state index in [9.17, 15) is 13.2 Å². The molecule has 0 aromatic carbocycles. The first-order chi connectivity index (χ1) is 6.54. The van der Waals surface area contributed by atoms with E-state index < -0.39 is 16.2 Å². The van der Waals surface area contributed by atoms with Crippen LogP contribution in [0.1, 0.15) is 39.0 Å². The Morgan fingerprint density at radius 1 is 1.21 bits per heavy atom. The summed E-state index contributed by atoms with van der Waals surface area (Å²) in [6, 6.07) is 0. The van der Waals surface area contributed by atoms with E-state index in [1.54, 1.807) is 0 Å². The molecule has 0 radical (unpaired) electrons. The van der Waals surface area contributed by atoms with Crippen molar-refractivity contribution in [2.75, 3.05) is 0 Å². The van der Waals surface area contributed by atoms with Crippen LogP contribution in [-0.2, 0) is 23.6 Å². The summed E-state index contributed by atoms with van der Waals surface area (Å²) in [5, 5.41) is 0. The minimum atomic E-state index is -3.88. The maximum atomic E-state index is 10.5. The van der Waals surface area contributed by atoms with Gasteiger partial charge in [-0.1, -0.05) is 26.2 Å². The highest BCUT2D eigenvalue weighted by atomic mass is 32.3. The van der Waals surface area contributed by atoms with Crippen molar-refractivity contribution in [1.82, 2.24) is 0 Å². The lowest BCUT2D eigenvalue weighted by atomic mass is 10.1. The average Bonchev–Trinajstić information content (AvgIpc) is 2.09. The fraction of sp³-hybridized carbons (Fsp3) is 0.875. The summed E-state index contributed by atoms with van der Waals surface area (Å²) in [7, 11) is -3.88. The van der Waals surface area contributed by atoms with E-state index in [0.29, 0.717) is 12.7 Å². The van der Waals surface area contributed by atoms with E-state index in [0.717, 1.165) is 25.7 Å². The van der Waals surface area contributed by atoms with Crippen LogP contribution in [0.25, 0.3) is 0 Å². The highest BCUT2D eigenvalue weighted by molar-refractivity contribution is 7.82. The Balaban J connectivity index is 2.31. The minimum Gasteiger partial charge on any atom is -0.297 e. The van der Waals surface area contributed by atoms with Gasteiger partial charge >= 0.3 is 10.4 Å². The van der Waals surface area contributed by atoms with Crippen molar-refractivity contribution < 1.29 is 21.6 Å². The zero-order valence-corrected chi connectivity index (χ0v) is 8.88. The average molecular weight is 222 g/mol. The molecular weight excluding hydrogens is 208 g/mol. The van der Waals surface area contributed by atoms with Crippen molar-refractivity contribution in [3.05, 3.63) is 0 Å². The molecule has 0 spiro atoms. The molecule has 0 saturated carbocycles. The molecular formula is C8H14O5S. The van der Waals surface area contributed by atoms with Crippen LogP contribution < -0.4 is 0 Å². The summed E-state index contributed by atoms with van der Waals surface area (Å²) in [4.78, 5) is 10.5. The van der Waals surface area contributed by atoms with Crippen molar-refractivity contribution in [3.8, 4) is 0 Å². The largest absolute Gasteiger partial charge is 0.406 e. The number of hydrogen-bond acceptors (Lipinski definition) is 5. The molecule has 0 atom stereocenters. The highest BCUT2D eigenvalue weighted by Gasteiger charge is 2.51. The molecule has 1 fully saturated rings. The third kappa shape index (κ3) is 2.76. The zero-order chi connectivity index (χ0) is 10.7. The maximum absolute atomic E-state index is 10.5. The molecule has 1 aliphatic heterocycles. The number of unbranched alkanes of at least 4 members (excludes halogenated alkanes) is 3. The quantitative estimate of drug-likeness (QED) is 0.498. The van der Waals surface area contributed by atoms with Crippen LogP contribution >= 0.6 is 0 Å². The molecule has 6 heteroatoms. The predicted octanol–water partition coefficient (Wildman–Crippen LogP) is 1.14. The van der Waals surface area contributed by atoms with Crippen LogP contribution in [0.4, 0.5) is 0 Å². The molecule has 82 valence electrons. The van der Waals surface area contributed by atoms with Crippen molar-refractivity contribution in [3.63, 3.8) is 0 Å². The first-order valence-corrected chi connectivity index (χ1v) is 5.99. The second-order valence-electron chi connectivity index (χ2n) is 3.32. The fourth-order valence-corrected chi connectivity index (χ4v) is 2.28. The Morgan fingerprint density at radius 2 is 1.86 bits per heavy atom. The second kappa shape index (κ2) is 4.37. The van der Waals surface area contributed by atoms with Crippen molar-refractivity contribution >= 4 is 16.7 Å². The zero-order valence-electron chi connectivity index (χ0n) is 8.06. The molecule has 1 aliphatic rings. The Kier molecular flexibility index (Phi) is 3.63. The van der Waals surface area contributed by atoms with Crippen molar-refractivity contribution in [2.24, 2.45) is 0 Å². The van der Waals surface area contributed by atoms with E-state index in [4.69, 9.17) is 0 Å². The van der Waals surface area contributed by atoms with Crippen LogP contribution in [0.15, 0.2) is 0 Å². The van der Waals surface area contributed by atoms with Gasteiger partial charge in [0.2, 0.25) is 0 Å². The molecule has 1 heterocycles. The third-order valence-corrected chi connectivity index (χ3v) is 3.02. The van der Waals surface area contributed by atoms with Gasteiger partial charge in [0.15, 0.2) is 6.29 Å². The van der Waals surface area contributed by atoms with Crippen LogP contribution in [-0.4, -0.2) is 20.5 Å². The smallest absolute Gasteiger partial charge is 0.297 e. The molecule has 0 aromatic rings. The maximum Gasteiger partial charge on any atom is 0.406 e. The number of rotatable bonds is 6. The van der Waals surface area contributed by atoms with Crippen molar-refractivity contribution in [1.29, 1.82) is 0 Å². The molecule has 0 aromatic heterocycles. The molecule has 14 heavy (non-hydrogen) atoms. The summed E-state index contributed by atoms with van der Waals surface area (Å²) < 4.78 is 29.9. The van der Waals surface area contributed by atoms with Crippen LogP contribution in [0, 0.1) is 0 Å². The number of carbonyl (C=O) groups is 1. The van der Waals surface area contributed by atoms with Crippen LogP contribution in [0.3, 0.4) is 0 Å². The second-order valence-corrected chi connectivity index (χ2v) is 4.47. The van der Waals surface area contributed by atoms with E-state index in [1.807, 2.05) is 0 Å². The Labute approximate surface area is 83.7 Å². The number of carbonyl (C=O) groups excluding carboxylic acids is 1. The molecule has 0 bridgehead atoms. The molecule has 0 aliphatic carbocycles. The van der Waals surface area contributed by atoms with Crippen molar-refractivity contribution in [2.45, 2.75) is 44.8 Å². The lowest BCUT2D eigenvalue weighted by molar-refractivity contribution is -0.186. The monoisotopic (exact) mass is 222 g/mol. The predicted molar refractivity (Wildman–Crippen MR) is 48.6 cm³/mol. The summed E-state index contributed by atoms with van der Waals surface area (Å²) in [5.74, 6) is -1.52. The summed E-state index contributed by atoms with van der Waals surface area (Å²) in [6.07, 6.45) is 4.51. The lowest BCUT2D eigenvalue weighted by Crippen LogP contribution is -2.51. The SMILES string of the molecule is CCCCCCC1(C=O)OS(=O)(=O)O1. The Hall–Kier alpha value is -0.460. The first-order valence-electron chi connectivity index (χ1n) is 4.66. The Morgan fingerprint density at radius 3 is 2.29 bits per heavy atom. The van der Waals surface area contributed by atoms with Gasteiger partial charge in [-0.3, -0.25) is 4.79 Å². The van der Waals surface area contributed by atoms with E-state index in [-0.39, 0.29) is 0 Å². The first kappa shape index (κ1) is 11.6. The third-order valence-electron chi connectivity index (χ3n) is 2.04. The van der Waals surface area contributed by atoms with Gasteiger partial charge < -0.3 is 0 Å². The van der Waals surface area contributed by atoms with Gasteiger partial charge in [-0.25, -0.2) is 8.37 Å². The standard InChI is InChI=1S/C8H14O5S/c1-2-3-4-5-6-8(7-9)12-14(10,11)13-8/h7H,2-6H2,1H3. The lowest BCUT2D eigenvalue weighted by Gasteiger charge is -2.34. The van der Waals surface area contributed by atoms with E-state index in [1.165, 1.54) is 0 Å². The topological polar surface area (TPSA) is 69.7 Å². The normalized spacial score (nSPS) is 22.6. The minimum absolute atomic E-state index is 0.301. The van der Waals surface area contributed by atoms with E-state index in [2.05, 4.69) is 15.3 Å². The van der Waals surface area contributed by atoms with Gasteiger partial charge in [0.25, 0.3) is 5.79 Å². The van der Waals surface area contributed by atoms with Crippen LogP contribution in [0.2, 0.25) is 0 Å². The highest BCUT2D eigenvalue weighted by Crippen LogP contribution is 2.33. The number of aldehydes is 1. The van der Waals surface area contributed by atoms with Gasteiger partial charge in [-0.2, -0.15) is 8.42 Å².